The zero-order valence-electron chi connectivity index (χ0n) is 19.0. The molecular weight excluding hydrogens is 412 g/mol. The third-order valence-electron chi connectivity index (χ3n) is 6.33. The molecule has 0 aliphatic heterocycles. The first kappa shape index (κ1) is 23.6. The van der Waals surface area contributed by atoms with Crippen molar-refractivity contribution >= 4 is 15.7 Å². The van der Waals surface area contributed by atoms with E-state index in [-0.39, 0.29) is 6.61 Å². The maximum atomic E-state index is 13.9. The van der Waals surface area contributed by atoms with Crippen LogP contribution in [-0.4, -0.2) is 57.7 Å². The molecule has 0 radical (unpaired) electrons. The molecule has 31 heavy (non-hydrogen) atoms. The molecule has 170 valence electrons. The SMILES string of the molecule is CCN(C1(CO)CCCC1)S(=O)(=O)c1ccc(N(C)C)cc1Cc1ccc(OC)cc1. The largest absolute Gasteiger partial charge is 0.497 e. The number of nitrogens with zero attached hydrogens (tertiary/aromatic N) is 2. The average molecular weight is 447 g/mol. The number of hydrogen-bond donors (Lipinski definition) is 1. The number of hydrogen-bond acceptors (Lipinski definition) is 5. The highest BCUT2D eigenvalue weighted by Crippen LogP contribution is 2.39. The summed E-state index contributed by atoms with van der Waals surface area (Å²) in [5, 5.41) is 10.2. The van der Waals surface area contributed by atoms with Gasteiger partial charge in [-0.3, -0.25) is 0 Å². The molecule has 0 unspecified atom stereocenters. The Labute approximate surface area is 186 Å². The molecule has 0 saturated heterocycles. The van der Waals surface area contributed by atoms with E-state index in [0.717, 1.165) is 35.4 Å². The zero-order chi connectivity index (χ0) is 22.6. The van der Waals surface area contributed by atoms with Crippen molar-refractivity contribution in [1.29, 1.82) is 0 Å². The van der Waals surface area contributed by atoms with Crippen LogP contribution < -0.4 is 9.64 Å². The fraction of sp³-hybridized carbons (Fsp3) is 0.500. The number of methoxy groups -OCH3 is 1. The Balaban J connectivity index is 2.07. The number of anilines is 1. The summed E-state index contributed by atoms with van der Waals surface area (Å²) in [4.78, 5) is 2.29. The van der Waals surface area contributed by atoms with Gasteiger partial charge in [0.1, 0.15) is 5.75 Å². The quantitative estimate of drug-likeness (QED) is 0.637. The maximum absolute atomic E-state index is 13.9. The summed E-state index contributed by atoms with van der Waals surface area (Å²) in [6.45, 7) is 2.04. The van der Waals surface area contributed by atoms with Gasteiger partial charge in [-0.1, -0.05) is 31.9 Å². The Kier molecular flexibility index (Phi) is 7.29. The van der Waals surface area contributed by atoms with Crippen LogP contribution in [0.15, 0.2) is 47.4 Å². The molecule has 1 aliphatic rings. The van der Waals surface area contributed by atoms with E-state index in [4.69, 9.17) is 4.74 Å². The average Bonchev–Trinajstić information content (AvgIpc) is 3.24. The lowest BCUT2D eigenvalue weighted by Gasteiger charge is -2.38. The van der Waals surface area contributed by atoms with E-state index in [1.165, 1.54) is 4.31 Å². The fourth-order valence-corrected chi connectivity index (χ4v) is 6.63. The van der Waals surface area contributed by atoms with Gasteiger partial charge < -0.3 is 14.7 Å². The van der Waals surface area contributed by atoms with E-state index in [9.17, 15) is 13.5 Å². The zero-order valence-corrected chi connectivity index (χ0v) is 19.8. The molecule has 2 aromatic rings. The van der Waals surface area contributed by atoms with Crippen molar-refractivity contribution in [2.45, 2.75) is 49.5 Å². The second-order valence-electron chi connectivity index (χ2n) is 8.47. The molecule has 0 amide bonds. The monoisotopic (exact) mass is 446 g/mol. The van der Waals surface area contributed by atoms with Gasteiger partial charge in [0.2, 0.25) is 10.0 Å². The van der Waals surface area contributed by atoms with E-state index in [1.807, 2.05) is 62.3 Å². The van der Waals surface area contributed by atoms with Crippen LogP contribution in [0.2, 0.25) is 0 Å². The Bertz CT molecular complexity index is 981. The molecule has 1 aliphatic carbocycles. The summed E-state index contributed by atoms with van der Waals surface area (Å²) in [7, 11) is 1.73. The van der Waals surface area contributed by atoms with Crippen molar-refractivity contribution in [2.24, 2.45) is 0 Å². The number of aliphatic hydroxyl groups excluding tert-OH is 1. The lowest BCUT2D eigenvalue weighted by Crippen LogP contribution is -2.52. The van der Waals surface area contributed by atoms with Crippen molar-refractivity contribution in [1.82, 2.24) is 4.31 Å². The van der Waals surface area contributed by atoms with Crippen LogP contribution in [0.3, 0.4) is 0 Å². The number of sulfonamides is 1. The Morgan fingerprint density at radius 2 is 1.71 bits per heavy atom. The topological polar surface area (TPSA) is 70.1 Å². The van der Waals surface area contributed by atoms with Crippen molar-refractivity contribution in [3.8, 4) is 5.75 Å². The maximum Gasteiger partial charge on any atom is 0.243 e. The molecule has 0 heterocycles. The van der Waals surface area contributed by atoms with E-state index in [2.05, 4.69) is 0 Å². The molecule has 1 fully saturated rings. The van der Waals surface area contributed by atoms with Crippen molar-refractivity contribution < 1.29 is 18.3 Å². The number of ether oxygens (including phenoxy) is 1. The van der Waals surface area contributed by atoms with Crippen LogP contribution in [0.25, 0.3) is 0 Å². The molecule has 0 aromatic heterocycles. The molecule has 1 N–H and O–H groups in total. The summed E-state index contributed by atoms with van der Waals surface area (Å²) < 4.78 is 34.6. The molecule has 2 aromatic carbocycles. The smallest absolute Gasteiger partial charge is 0.243 e. The van der Waals surface area contributed by atoms with Crippen molar-refractivity contribution in [2.75, 3.05) is 39.3 Å². The number of aliphatic hydroxyl groups is 1. The highest BCUT2D eigenvalue weighted by molar-refractivity contribution is 7.89. The van der Waals surface area contributed by atoms with Crippen LogP contribution in [0, 0.1) is 0 Å². The Hall–Kier alpha value is -2.09. The van der Waals surface area contributed by atoms with Gasteiger partial charge in [0.05, 0.1) is 24.2 Å². The minimum atomic E-state index is -3.78. The van der Waals surface area contributed by atoms with Crippen LogP contribution in [0.5, 0.6) is 5.75 Å². The Morgan fingerprint density at radius 3 is 2.23 bits per heavy atom. The van der Waals surface area contributed by atoms with Crippen LogP contribution in [0.4, 0.5) is 5.69 Å². The molecule has 1 saturated carbocycles. The third kappa shape index (κ3) is 4.73. The van der Waals surface area contributed by atoms with E-state index < -0.39 is 15.6 Å². The van der Waals surface area contributed by atoms with Gasteiger partial charge in [-0.15, -0.1) is 0 Å². The van der Waals surface area contributed by atoms with Crippen LogP contribution in [0.1, 0.15) is 43.7 Å². The summed E-state index contributed by atoms with van der Waals surface area (Å²) >= 11 is 0. The van der Waals surface area contributed by atoms with Crippen LogP contribution >= 0.6 is 0 Å². The molecule has 7 heteroatoms. The predicted octanol–water partition coefficient (Wildman–Crippen LogP) is 3.67. The lowest BCUT2D eigenvalue weighted by atomic mass is 9.99. The van der Waals surface area contributed by atoms with Crippen LogP contribution in [-0.2, 0) is 16.4 Å². The van der Waals surface area contributed by atoms with Crippen molar-refractivity contribution in [3.63, 3.8) is 0 Å². The van der Waals surface area contributed by atoms with Gasteiger partial charge in [0.15, 0.2) is 0 Å². The molecular formula is C24H34N2O4S. The lowest BCUT2D eigenvalue weighted by molar-refractivity contribution is 0.0987. The predicted molar refractivity (Wildman–Crippen MR) is 124 cm³/mol. The summed E-state index contributed by atoms with van der Waals surface area (Å²) in [5.41, 5.74) is 2.00. The molecule has 0 spiro atoms. The van der Waals surface area contributed by atoms with Gasteiger partial charge in [0.25, 0.3) is 0 Å². The fourth-order valence-electron chi connectivity index (χ4n) is 4.60. The number of rotatable bonds is 9. The second kappa shape index (κ2) is 9.59. The van der Waals surface area contributed by atoms with Gasteiger partial charge in [-0.05, 0) is 60.7 Å². The van der Waals surface area contributed by atoms with Gasteiger partial charge in [-0.25, -0.2) is 8.42 Å². The molecule has 0 atom stereocenters. The first-order valence-corrected chi connectivity index (χ1v) is 12.3. The van der Waals surface area contributed by atoms with Gasteiger partial charge in [-0.2, -0.15) is 4.31 Å². The van der Waals surface area contributed by atoms with Gasteiger partial charge >= 0.3 is 0 Å². The van der Waals surface area contributed by atoms with Gasteiger partial charge in [0, 0.05) is 26.3 Å². The number of benzene rings is 2. The highest BCUT2D eigenvalue weighted by Gasteiger charge is 2.45. The minimum Gasteiger partial charge on any atom is -0.497 e. The second-order valence-corrected chi connectivity index (χ2v) is 10.3. The first-order valence-electron chi connectivity index (χ1n) is 10.8. The highest BCUT2D eigenvalue weighted by atomic mass is 32.2. The summed E-state index contributed by atoms with van der Waals surface area (Å²) in [5.74, 6) is 0.766. The van der Waals surface area contributed by atoms with E-state index >= 15 is 0 Å². The Morgan fingerprint density at radius 1 is 1.06 bits per heavy atom. The summed E-state index contributed by atoms with van der Waals surface area (Å²) in [6.07, 6.45) is 3.75. The third-order valence-corrected chi connectivity index (χ3v) is 8.51. The van der Waals surface area contributed by atoms with E-state index in [0.29, 0.717) is 30.7 Å². The summed E-state index contributed by atoms with van der Waals surface area (Å²) in [6, 6.07) is 13.2. The molecule has 6 nitrogen and oxygen atoms in total. The standard InChI is InChI=1S/C24H34N2O4S/c1-5-26(24(18-27)14-6-7-15-24)31(28,29)23-13-10-21(25(2)3)17-20(23)16-19-8-11-22(30-4)12-9-19/h8-13,17,27H,5-7,14-16,18H2,1-4H3. The number of likely N-dealkylation sites (N-methyl/N-ethyl adjacent to an activating group) is 1. The van der Waals surface area contributed by atoms with E-state index in [1.54, 1.807) is 13.2 Å². The molecule has 3 rings (SSSR count). The first-order chi connectivity index (χ1) is 14.8. The minimum absolute atomic E-state index is 0.149. The van der Waals surface area contributed by atoms with Crippen molar-refractivity contribution in [3.05, 3.63) is 53.6 Å². The molecule has 0 bridgehead atoms. The normalized spacial score (nSPS) is 15.9.